The van der Waals surface area contributed by atoms with Crippen LogP contribution in [0.5, 0.6) is 5.75 Å². The number of ether oxygens (including phenoxy) is 1. The van der Waals surface area contributed by atoms with Crippen LogP contribution in [0.15, 0.2) is 59.5 Å². The summed E-state index contributed by atoms with van der Waals surface area (Å²) in [7, 11) is -3.15. The van der Waals surface area contributed by atoms with Crippen molar-refractivity contribution in [3.8, 4) is 5.75 Å². The highest BCUT2D eigenvalue weighted by Gasteiger charge is 2.31. The fourth-order valence-electron chi connectivity index (χ4n) is 3.28. The van der Waals surface area contributed by atoms with Crippen molar-refractivity contribution in [3.05, 3.63) is 90.9 Å². The lowest BCUT2D eigenvalue weighted by molar-refractivity contribution is -0.385. The zero-order chi connectivity index (χ0) is 26.6. The van der Waals surface area contributed by atoms with Gasteiger partial charge in [-0.2, -0.15) is 0 Å². The van der Waals surface area contributed by atoms with E-state index in [9.17, 15) is 23.3 Å². The van der Waals surface area contributed by atoms with E-state index in [1.54, 1.807) is 12.1 Å². The third-order valence-corrected chi connectivity index (χ3v) is 7.73. The molecule has 1 amide bonds. The zero-order valence-corrected chi connectivity index (χ0v) is 22.1. The molecule has 3 aromatic rings. The molecule has 0 aliphatic rings. The standard InChI is InChI=1S/C23H20Cl3N3O6S/c1-14-3-7-18(11-20(14)29(31)32)36(33,34)28(21-10-17(25)6-8-22(21)35-2)13-23(30)27-12-15-4-5-16(24)9-19(15)26/h3-11H,12-13H2,1-2H3,(H,27,30). The third kappa shape index (κ3) is 6.19. The van der Waals surface area contributed by atoms with Gasteiger partial charge in [-0.25, -0.2) is 8.42 Å². The van der Waals surface area contributed by atoms with Gasteiger partial charge in [0.2, 0.25) is 5.91 Å². The molecule has 0 heterocycles. The average Bonchev–Trinajstić information content (AvgIpc) is 2.81. The van der Waals surface area contributed by atoms with Gasteiger partial charge < -0.3 is 10.1 Å². The first-order valence-electron chi connectivity index (χ1n) is 10.3. The van der Waals surface area contributed by atoms with Gasteiger partial charge in [-0.1, -0.05) is 46.9 Å². The molecule has 0 fully saturated rings. The van der Waals surface area contributed by atoms with Crippen LogP contribution in [0.4, 0.5) is 11.4 Å². The van der Waals surface area contributed by atoms with Crippen LogP contribution in [0.1, 0.15) is 11.1 Å². The first-order chi connectivity index (χ1) is 16.9. The largest absolute Gasteiger partial charge is 0.495 e. The predicted octanol–water partition coefficient (Wildman–Crippen LogP) is 5.38. The molecule has 190 valence electrons. The van der Waals surface area contributed by atoms with Gasteiger partial charge in [0, 0.05) is 33.2 Å². The van der Waals surface area contributed by atoms with Crippen LogP contribution in [0.2, 0.25) is 15.1 Å². The molecule has 0 aliphatic heterocycles. The number of anilines is 1. The zero-order valence-electron chi connectivity index (χ0n) is 19.0. The lowest BCUT2D eigenvalue weighted by Gasteiger charge is -2.26. The van der Waals surface area contributed by atoms with E-state index in [0.717, 1.165) is 10.4 Å². The van der Waals surface area contributed by atoms with Crippen molar-refractivity contribution in [3.63, 3.8) is 0 Å². The van der Waals surface area contributed by atoms with Gasteiger partial charge in [-0.3, -0.25) is 19.2 Å². The maximum atomic E-state index is 13.7. The van der Waals surface area contributed by atoms with Crippen molar-refractivity contribution in [2.45, 2.75) is 18.4 Å². The number of nitrogens with one attached hydrogen (secondary N) is 1. The summed E-state index contributed by atoms with van der Waals surface area (Å²) >= 11 is 18.2. The molecule has 1 N–H and O–H groups in total. The molecule has 0 aliphatic carbocycles. The minimum atomic E-state index is -4.48. The van der Waals surface area contributed by atoms with Gasteiger partial charge >= 0.3 is 0 Å². The van der Waals surface area contributed by atoms with Crippen LogP contribution >= 0.6 is 34.8 Å². The van der Waals surface area contributed by atoms with E-state index in [1.807, 2.05) is 0 Å². The van der Waals surface area contributed by atoms with Crippen LogP contribution in [0, 0.1) is 17.0 Å². The number of nitro benzene ring substituents is 1. The molecule has 3 rings (SSSR count). The summed E-state index contributed by atoms with van der Waals surface area (Å²) in [5.41, 5.74) is 0.450. The number of hydrogen-bond donors (Lipinski definition) is 1. The third-order valence-electron chi connectivity index (χ3n) is 5.15. The number of aryl methyl sites for hydroxylation is 1. The lowest BCUT2D eigenvalue weighted by atomic mass is 10.2. The Labute approximate surface area is 222 Å². The maximum Gasteiger partial charge on any atom is 0.273 e. The summed E-state index contributed by atoms with van der Waals surface area (Å²) in [6.45, 7) is 0.818. The van der Waals surface area contributed by atoms with Crippen LogP contribution < -0.4 is 14.4 Å². The van der Waals surface area contributed by atoms with Crippen molar-refractivity contribution in [1.82, 2.24) is 5.32 Å². The van der Waals surface area contributed by atoms with Crippen molar-refractivity contribution in [2.24, 2.45) is 0 Å². The number of nitro groups is 1. The summed E-state index contributed by atoms with van der Waals surface area (Å²) < 4.78 is 33.5. The number of rotatable bonds is 9. The Morgan fingerprint density at radius 3 is 2.36 bits per heavy atom. The second kappa shape index (κ2) is 11.3. The second-order valence-corrected chi connectivity index (χ2v) is 10.7. The summed E-state index contributed by atoms with van der Waals surface area (Å²) in [6, 6.07) is 12.5. The molecule has 0 bridgehead atoms. The molecule has 0 saturated heterocycles. The van der Waals surface area contributed by atoms with Crippen LogP contribution in [0.3, 0.4) is 0 Å². The van der Waals surface area contributed by atoms with E-state index in [-0.39, 0.29) is 39.2 Å². The summed E-state index contributed by atoms with van der Waals surface area (Å²) in [4.78, 5) is 23.3. The van der Waals surface area contributed by atoms with E-state index in [1.165, 1.54) is 50.4 Å². The molecule has 0 saturated carbocycles. The summed E-state index contributed by atoms with van der Waals surface area (Å²) in [6.07, 6.45) is 0. The summed E-state index contributed by atoms with van der Waals surface area (Å²) in [5, 5.41) is 15.0. The monoisotopic (exact) mass is 571 g/mol. The van der Waals surface area contributed by atoms with Gasteiger partial charge in [0.15, 0.2) is 0 Å². The molecular weight excluding hydrogens is 553 g/mol. The Kier molecular flexibility index (Phi) is 8.67. The topological polar surface area (TPSA) is 119 Å². The van der Waals surface area contributed by atoms with Crippen LogP contribution in [-0.2, 0) is 21.4 Å². The highest BCUT2D eigenvalue weighted by Crippen LogP contribution is 2.35. The number of benzene rings is 3. The van der Waals surface area contributed by atoms with E-state index >= 15 is 0 Å². The van der Waals surface area contributed by atoms with Crippen molar-refractivity contribution in [2.75, 3.05) is 18.0 Å². The normalized spacial score (nSPS) is 11.1. The fourth-order valence-corrected chi connectivity index (χ4v) is 5.36. The first kappa shape index (κ1) is 27.5. The molecule has 0 aromatic heterocycles. The molecule has 9 nitrogen and oxygen atoms in total. The van der Waals surface area contributed by atoms with Gasteiger partial charge in [0.1, 0.15) is 12.3 Å². The Hall–Kier alpha value is -3.05. The van der Waals surface area contributed by atoms with E-state index < -0.39 is 27.4 Å². The maximum absolute atomic E-state index is 13.7. The van der Waals surface area contributed by atoms with E-state index in [4.69, 9.17) is 39.5 Å². The molecule has 13 heteroatoms. The number of halogens is 3. The van der Waals surface area contributed by atoms with Crippen LogP contribution in [-0.4, -0.2) is 32.9 Å². The molecule has 0 atom stereocenters. The minimum absolute atomic E-state index is 0.00536. The number of carbonyl (C=O) groups is 1. The first-order valence-corrected chi connectivity index (χ1v) is 12.8. The SMILES string of the molecule is COc1ccc(Cl)cc1N(CC(=O)NCc1ccc(Cl)cc1Cl)S(=O)(=O)c1ccc(C)c([N+](=O)[O-])c1. The Balaban J connectivity index is 2.01. The van der Waals surface area contributed by atoms with Crippen molar-refractivity contribution in [1.29, 1.82) is 0 Å². The van der Waals surface area contributed by atoms with Crippen molar-refractivity contribution < 1.29 is 22.9 Å². The number of nitrogens with zero attached hydrogens (tertiary/aromatic N) is 2. The summed E-state index contributed by atoms with van der Waals surface area (Å²) in [5.74, 6) is -0.550. The molecule has 3 aromatic carbocycles. The predicted molar refractivity (Wildman–Crippen MR) is 139 cm³/mol. The Bertz CT molecular complexity index is 1430. The van der Waals surface area contributed by atoms with E-state index in [2.05, 4.69) is 5.32 Å². The number of carbonyl (C=O) groups excluding carboxylic acids is 1. The van der Waals surface area contributed by atoms with Crippen LogP contribution in [0.25, 0.3) is 0 Å². The van der Waals surface area contributed by atoms with Gasteiger partial charge in [-0.05, 0) is 48.9 Å². The number of methoxy groups -OCH3 is 1. The van der Waals surface area contributed by atoms with Crippen molar-refractivity contribution >= 4 is 62.1 Å². The molecule has 0 radical (unpaired) electrons. The lowest BCUT2D eigenvalue weighted by Crippen LogP contribution is -2.41. The van der Waals surface area contributed by atoms with Gasteiger partial charge in [0.25, 0.3) is 15.7 Å². The second-order valence-electron chi connectivity index (χ2n) is 7.55. The minimum Gasteiger partial charge on any atom is -0.495 e. The highest BCUT2D eigenvalue weighted by atomic mass is 35.5. The average molecular weight is 573 g/mol. The molecule has 36 heavy (non-hydrogen) atoms. The molecular formula is C23H20Cl3N3O6S. The molecule has 0 unspecified atom stereocenters. The molecule has 0 spiro atoms. The number of hydrogen-bond acceptors (Lipinski definition) is 6. The van der Waals surface area contributed by atoms with Gasteiger partial charge in [0.05, 0.1) is 22.6 Å². The highest BCUT2D eigenvalue weighted by molar-refractivity contribution is 7.92. The fraction of sp³-hybridized carbons (Fsp3) is 0.174. The smallest absolute Gasteiger partial charge is 0.273 e. The Morgan fingerprint density at radius 2 is 1.72 bits per heavy atom. The quantitative estimate of drug-likeness (QED) is 0.271. The Morgan fingerprint density at radius 1 is 1.06 bits per heavy atom. The number of amides is 1. The van der Waals surface area contributed by atoms with Gasteiger partial charge in [-0.15, -0.1) is 0 Å². The number of sulfonamides is 1. The van der Waals surface area contributed by atoms with E-state index in [0.29, 0.717) is 15.6 Å².